The summed E-state index contributed by atoms with van der Waals surface area (Å²) < 4.78 is 0. The summed E-state index contributed by atoms with van der Waals surface area (Å²) in [5, 5.41) is 0. The molecule has 0 fully saturated rings. The maximum Gasteiger partial charge on any atom is 0.110 e. The molecule has 66 valence electrons. The Balaban J connectivity index is 2.84. The van der Waals surface area contributed by atoms with Gasteiger partial charge < -0.3 is 0 Å². The van der Waals surface area contributed by atoms with Crippen molar-refractivity contribution in [2.45, 2.75) is 20.3 Å². The number of rotatable bonds is 1. The molecule has 0 radical (unpaired) electrons. The lowest BCUT2D eigenvalue weighted by molar-refractivity contribution is 1.08. The van der Waals surface area contributed by atoms with E-state index in [0.717, 1.165) is 28.7 Å². The lowest BCUT2D eigenvalue weighted by Crippen LogP contribution is -1.94. The first-order valence-corrected chi connectivity index (χ1v) is 4.38. The molecule has 2 aromatic rings. The highest BCUT2D eigenvalue weighted by atomic mass is 14.8. The zero-order valence-corrected chi connectivity index (χ0v) is 7.78. The maximum atomic E-state index is 4.31. The van der Waals surface area contributed by atoms with Gasteiger partial charge in [0.1, 0.15) is 5.52 Å². The van der Waals surface area contributed by atoms with Gasteiger partial charge in [0.15, 0.2) is 0 Å². The van der Waals surface area contributed by atoms with Crippen LogP contribution in [0.15, 0.2) is 18.6 Å². The SMILES string of the molecule is CCc1cnc(C)c2nccnc12. The van der Waals surface area contributed by atoms with Gasteiger partial charge in [-0.15, -0.1) is 0 Å². The van der Waals surface area contributed by atoms with Crippen molar-refractivity contribution in [3.8, 4) is 0 Å². The Morgan fingerprint density at radius 3 is 2.46 bits per heavy atom. The third-order valence-corrected chi connectivity index (χ3v) is 2.14. The van der Waals surface area contributed by atoms with Crippen molar-refractivity contribution in [3.63, 3.8) is 0 Å². The van der Waals surface area contributed by atoms with Gasteiger partial charge in [0.25, 0.3) is 0 Å². The second-order valence-electron chi connectivity index (χ2n) is 2.98. The van der Waals surface area contributed by atoms with E-state index in [4.69, 9.17) is 0 Å². The van der Waals surface area contributed by atoms with Crippen LogP contribution in [0.3, 0.4) is 0 Å². The van der Waals surface area contributed by atoms with E-state index in [1.807, 2.05) is 13.1 Å². The molecule has 3 heteroatoms. The van der Waals surface area contributed by atoms with Crippen molar-refractivity contribution in [3.05, 3.63) is 29.8 Å². The Hall–Kier alpha value is -1.51. The quantitative estimate of drug-likeness (QED) is 0.661. The molecule has 0 aliphatic carbocycles. The van der Waals surface area contributed by atoms with Crippen molar-refractivity contribution in [2.75, 3.05) is 0 Å². The van der Waals surface area contributed by atoms with Crippen molar-refractivity contribution >= 4 is 11.0 Å². The number of aromatic nitrogens is 3. The summed E-state index contributed by atoms with van der Waals surface area (Å²) in [6, 6.07) is 0. The normalized spacial score (nSPS) is 10.6. The van der Waals surface area contributed by atoms with Crippen LogP contribution in [0.4, 0.5) is 0 Å². The number of aryl methyl sites for hydroxylation is 2. The molecule has 0 saturated heterocycles. The van der Waals surface area contributed by atoms with E-state index < -0.39 is 0 Å². The second-order valence-corrected chi connectivity index (χ2v) is 2.98. The molecule has 2 aromatic heterocycles. The lowest BCUT2D eigenvalue weighted by Gasteiger charge is -2.03. The maximum absolute atomic E-state index is 4.31. The number of fused-ring (bicyclic) bond motifs is 1. The van der Waals surface area contributed by atoms with Crippen LogP contribution in [0.1, 0.15) is 18.2 Å². The molecule has 0 unspecified atom stereocenters. The Labute approximate surface area is 76.9 Å². The summed E-state index contributed by atoms with van der Waals surface area (Å²) >= 11 is 0. The van der Waals surface area contributed by atoms with Crippen LogP contribution in [0.25, 0.3) is 11.0 Å². The number of nitrogens with zero attached hydrogens (tertiary/aromatic N) is 3. The van der Waals surface area contributed by atoms with Gasteiger partial charge in [-0.05, 0) is 18.9 Å². The fourth-order valence-corrected chi connectivity index (χ4v) is 1.39. The fourth-order valence-electron chi connectivity index (χ4n) is 1.39. The molecule has 0 atom stereocenters. The van der Waals surface area contributed by atoms with Crippen molar-refractivity contribution in [2.24, 2.45) is 0 Å². The lowest BCUT2D eigenvalue weighted by atomic mass is 10.1. The number of pyridine rings is 1. The predicted molar refractivity (Wildman–Crippen MR) is 51.4 cm³/mol. The molecule has 0 N–H and O–H groups in total. The minimum absolute atomic E-state index is 0.918. The zero-order chi connectivity index (χ0) is 9.26. The topological polar surface area (TPSA) is 38.7 Å². The van der Waals surface area contributed by atoms with E-state index in [0.29, 0.717) is 0 Å². The highest BCUT2D eigenvalue weighted by Gasteiger charge is 2.04. The molecule has 3 nitrogen and oxygen atoms in total. The average molecular weight is 173 g/mol. The Bertz CT molecular complexity index is 437. The van der Waals surface area contributed by atoms with Gasteiger partial charge >= 0.3 is 0 Å². The number of hydrogen-bond donors (Lipinski definition) is 0. The molecule has 2 rings (SSSR count). The molecular weight excluding hydrogens is 162 g/mol. The molecule has 0 aliphatic rings. The summed E-state index contributed by atoms with van der Waals surface area (Å²) in [5.41, 5.74) is 4.01. The second kappa shape index (κ2) is 3.09. The average Bonchev–Trinajstić information content (AvgIpc) is 2.19. The first-order chi connectivity index (χ1) is 6.33. The fraction of sp³-hybridized carbons (Fsp3) is 0.300. The highest BCUT2D eigenvalue weighted by molar-refractivity contribution is 5.79. The van der Waals surface area contributed by atoms with E-state index in [2.05, 4.69) is 21.9 Å². The van der Waals surface area contributed by atoms with Gasteiger partial charge in [0.2, 0.25) is 0 Å². The van der Waals surface area contributed by atoms with E-state index in [1.165, 1.54) is 0 Å². The molecule has 13 heavy (non-hydrogen) atoms. The van der Waals surface area contributed by atoms with E-state index in [1.54, 1.807) is 12.4 Å². The minimum atomic E-state index is 0.918. The van der Waals surface area contributed by atoms with Gasteiger partial charge in [-0.1, -0.05) is 6.92 Å². The minimum Gasteiger partial charge on any atom is -0.259 e. The zero-order valence-electron chi connectivity index (χ0n) is 7.78. The Morgan fingerprint density at radius 2 is 1.77 bits per heavy atom. The van der Waals surface area contributed by atoms with Crippen molar-refractivity contribution < 1.29 is 0 Å². The van der Waals surface area contributed by atoms with Crippen molar-refractivity contribution in [1.29, 1.82) is 0 Å². The molecule has 0 saturated carbocycles. The molecular formula is C10H11N3. The van der Waals surface area contributed by atoms with Crippen LogP contribution in [0.5, 0.6) is 0 Å². The predicted octanol–water partition coefficient (Wildman–Crippen LogP) is 1.90. The van der Waals surface area contributed by atoms with Gasteiger partial charge in [-0.2, -0.15) is 0 Å². The summed E-state index contributed by atoms with van der Waals surface area (Å²) in [7, 11) is 0. The summed E-state index contributed by atoms with van der Waals surface area (Å²) in [4.78, 5) is 12.9. The first-order valence-electron chi connectivity index (χ1n) is 4.38. The Kier molecular flexibility index (Phi) is 1.93. The molecule has 0 aromatic carbocycles. The standard InChI is InChI=1S/C10H11N3/c1-3-8-6-13-7(2)9-10(8)12-5-4-11-9/h4-6H,3H2,1-2H3. The highest BCUT2D eigenvalue weighted by Crippen LogP contribution is 2.15. The van der Waals surface area contributed by atoms with Gasteiger partial charge in [0.05, 0.1) is 11.2 Å². The van der Waals surface area contributed by atoms with Gasteiger partial charge in [0, 0.05) is 18.6 Å². The van der Waals surface area contributed by atoms with E-state index >= 15 is 0 Å². The summed E-state index contributed by atoms with van der Waals surface area (Å²) in [6.07, 6.45) is 6.26. The largest absolute Gasteiger partial charge is 0.259 e. The van der Waals surface area contributed by atoms with Gasteiger partial charge in [-0.3, -0.25) is 15.0 Å². The van der Waals surface area contributed by atoms with Crippen LogP contribution in [-0.2, 0) is 6.42 Å². The van der Waals surface area contributed by atoms with E-state index in [-0.39, 0.29) is 0 Å². The number of hydrogen-bond acceptors (Lipinski definition) is 3. The van der Waals surface area contributed by atoms with E-state index in [9.17, 15) is 0 Å². The van der Waals surface area contributed by atoms with Crippen LogP contribution in [0.2, 0.25) is 0 Å². The molecule has 0 amide bonds. The molecule has 0 aliphatic heterocycles. The van der Waals surface area contributed by atoms with Crippen LogP contribution in [-0.4, -0.2) is 15.0 Å². The molecule has 0 spiro atoms. The Morgan fingerprint density at radius 1 is 1.08 bits per heavy atom. The monoisotopic (exact) mass is 173 g/mol. The first kappa shape index (κ1) is 8.10. The third kappa shape index (κ3) is 1.26. The van der Waals surface area contributed by atoms with Crippen molar-refractivity contribution in [1.82, 2.24) is 15.0 Å². The van der Waals surface area contributed by atoms with Gasteiger partial charge in [-0.25, -0.2) is 0 Å². The summed E-state index contributed by atoms with van der Waals surface area (Å²) in [6.45, 7) is 4.05. The van der Waals surface area contributed by atoms with Crippen LogP contribution < -0.4 is 0 Å². The van der Waals surface area contributed by atoms with Crippen LogP contribution in [0, 0.1) is 6.92 Å². The smallest absolute Gasteiger partial charge is 0.110 e. The summed E-state index contributed by atoms with van der Waals surface area (Å²) in [5.74, 6) is 0. The van der Waals surface area contributed by atoms with Crippen LogP contribution >= 0.6 is 0 Å². The third-order valence-electron chi connectivity index (χ3n) is 2.14. The molecule has 2 heterocycles. The molecule has 0 bridgehead atoms.